The highest BCUT2D eigenvalue weighted by Crippen LogP contribution is 2.38. The first kappa shape index (κ1) is 17.9. The maximum atomic E-state index is 12.2. The minimum Gasteiger partial charge on any atom is -0.493 e. The van der Waals surface area contributed by atoms with Gasteiger partial charge < -0.3 is 14.2 Å². The lowest BCUT2D eigenvalue weighted by molar-refractivity contribution is 0.104. The maximum Gasteiger partial charge on any atom is 0.203 e. The fourth-order valence-corrected chi connectivity index (χ4v) is 2.29. The van der Waals surface area contributed by atoms with Crippen molar-refractivity contribution in [3.05, 3.63) is 58.6 Å². The number of ether oxygens (including phenoxy) is 3. The maximum absolute atomic E-state index is 12.2. The summed E-state index contributed by atoms with van der Waals surface area (Å²) in [6.07, 6.45) is 3.20. The Kier molecular flexibility index (Phi) is 6.27. The summed E-state index contributed by atoms with van der Waals surface area (Å²) in [6.45, 7) is 2.38. The van der Waals surface area contributed by atoms with E-state index in [4.69, 9.17) is 25.8 Å². The van der Waals surface area contributed by atoms with Crippen LogP contribution in [0, 0.1) is 0 Å². The predicted molar refractivity (Wildman–Crippen MR) is 95.5 cm³/mol. The van der Waals surface area contributed by atoms with Gasteiger partial charge in [-0.3, -0.25) is 4.79 Å². The number of carbonyl (C=O) groups excluding carboxylic acids is 1. The Morgan fingerprint density at radius 1 is 1.08 bits per heavy atom. The summed E-state index contributed by atoms with van der Waals surface area (Å²) in [4.78, 5) is 12.2. The van der Waals surface area contributed by atoms with Crippen LogP contribution in [-0.2, 0) is 0 Å². The SMILES string of the molecule is CCOc1c(OC)cc(C=CC(=O)c2ccc(Cl)cc2)cc1OC. The minimum atomic E-state index is -0.113. The van der Waals surface area contributed by atoms with Crippen molar-refractivity contribution in [3.63, 3.8) is 0 Å². The number of methoxy groups -OCH3 is 2. The van der Waals surface area contributed by atoms with Gasteiger partial charge in [0, 0.05) is 10.6 Å². The fraction of sp³-hybridized carbons (Fsp3) is 0.211. The number of hydrogen-bond acceptors (Lipinski definition) is 4. The Hall–Kier alpha value is -2.46. The molecule has 0 spiro atoms. The fourth-order valence-electron chi connectivity index (χ4n) is 2.17. The smallest absolute Gasteiger partial charge is 0.203 e. The van der Waals surface area contributed by atoms with Crippen LogP contribution in [0.3, 0.4) is 0 Å². The van der Waals surface area contributed by atoms with E-state index < -0.39 is 0 Å². The minimum absolute atomic E-state index is 0.113. The molecule has 0 atom stereocenters. The molecule has 2 rings (SSSR count). The predicted octanol–water partition coefficient (Wildman–Crippen LogP) is 4.65. The summed E-state index contributed by atoms with van der Waals surface area (Å²) < 4.78 is 16.3. The van der Waals surface area contributed by atoms with Gasteiger partial charge in [0.2, 0.25) is 5.75 Å². The molecule has 0 bridgehead atoms. The number of benzene rings is 2. The van der Waals surface area contributed by atoms with Crippen molar-refractivity contribution in [2.24, 2.45) is 0 Å². The summed E-state index contributed by atoms with van der Waals surface area (Å²) in [5.41, 5.74) is 1.34. The number of rotatable bonds is 7. The number of ketones is 1. The van der Waals surface area contributed by atoms with E-state index in [1.807, 2.05) is 6.92 Å². The van der Waals surface area contributed by atoms with Crippen molar-refractivity contribution >= 4 is 23.5 Å². The zero-order valence-electron chi connectivity index (χ0n) is 13.8. The molecule has 0 N–H and O–H groups in total. The lowest BCUT2D eigenvalue weighted by Crippen LogP contribution is -1.99. The molecule has 0 aliphatic rings. The van der Waals surface area contributed by atoms with Crippen LogP contribution >= 0.6 is 11.6 Å². The summed E-state index contributed by atoms with van der Waals surface area (Å²) in [5.74, 6) is 1.53. The van der Waals surface area contributed by atoms with Gasteiger partial charge in [-0.15, -0.1) is 0 Å². The van der Waals surface area contributed by atoms with Crippen LogP contribution in [0.5, 0.6) is 17.2 Å². The Bertz CT molecular complexity index is 711. The number of halogens is 1. The van der Waals surface area contributed by atoms with E-state index in [-0.39, 0.29) is 5.78 Å². The molecule has 0 saturated carbocycles. The van der Waals surface area contributed by atoms with Crippen molar-refractivity contribution < 1.29 is 19.0 Å². The molecule has 0 amide bonds. The van der Waals surface area contributed by atoms with Gasteiger partial charge in [0.1, 0.15) is 0 Å². The number of allylic oxidation sites excluding steroid dienone is 1. The number of carbonyl (C=O) groups is 1. The first-order valence-electron chi connectivity index (χ1n) is 7.45. The quantitative estimate of drug-likeness (QED) is 0.540. The molecule has 5 heteroatoms. The van der Waals surface area contributed by atoms with Gasteiger partial charge >= 0.3 is 0 Å². The van der Waals surface area contributed by atoms with E-state index in [0.29, 0.717) is 34.4 Å². The molecule has 0 saturated heterocycles. The molecule has 0 heterocycles. The Morgan fingerprint density at radius 3 is 2.17 bits per heavy atom. The standard InChI is InChI=1S/C19H19ClO4/c1-4-24-19-17(22-2)11-13(12-18(19)23-3)5-10-16(21)14-6-8-15(20)9-7-14/h5-12H,4H2,1-3H3. The van der Waals surface area contributed by atoms with E-state index in [1.54, 1.807) is 56.7 Å². The highest BCUT2D eigenvalue weighted by Gasteiger charge is 2.13. The van der Waals surface area contributed by atoms with Crippen LogP contribution < -0.4 is 14.2 Å². The molecule has 2 aromatic carbocycles. The van der Waals surface area contributed by atoms with E-state index in [0.717, 1.165) is 5.56 Å². The highest BCUT2D eigenvalue weighted by atomic mass is 35.5. The van der Waals surface area contributed by atoms with Crippen LogP contribution in [0.2, 0.25) is 5.02 Å². The third-order valence-electron chi connectivity index (χ3n) is 3.33. The zero-order valence-corrected chi connectivity index (χ0v) is 14.6. The third-order valence-corrected chi connectivity index (χ3v) is 3.58. The molecular formula is C19H19ClO4. The average Bonchev–Trinajstić information content (AvgIpc) is 2.61. The lowest BCUT2D eigenvalue weighted by atomic mass is 10.1. The van der Waals surface area contributed by atoms with E-state index in [2.05, 4.69) is 0 Å². The Morgan fingerprint density at radius 2 is 1.67 bits per heavy atom. The molecule has 0 aliphatic carbocycles. The second-order valence-corrected chi connectivity index (χ2v) is 5.33. The summed E-state index contributed by atoms with van der Waals surface area (Å²) in [5, 5.41) is 0.594. The summed E-state index contributed by atoms with van der Waals surface area (Å²) in [7, 11) is 3.12. The van der Waals surface area contributed by atoms with Crippen molar-refractivity contribution in [1.29, 1.82) is 0 Å². The van der Waals surface area contributed by atoms with Gasteiger partial charge in [0.05, 0.1) is 20.8 Å². The van der Waals surface area contributed by atoms with Gasteiger partial charge in [0.25, 0.3) is 0 Å². The molecule has 0 fully saturated rings. The Balaban J connectivity index is 2.28. The van der Waals surface area contributed by atoms with E-state index in [9.17, 15) is 4.79 Å². The molecular weight excluding hydrogens is 328 g/mol. The van der Waals surface area contributed by atoms with Crippen LogP contribution in [0.1, 0.15) is 22.8 Å². The topological polar surface area (TPSA) is 44.8 Å². The summed E-state index contributed by atoms with van der Waals surface area (Å²) in [6, 6.07) is 10.3. The first-order chi connectivity index (χ1) is 11.6. The second-order valence-electron chi connectivity index (χ2n) is 4.89. The molecule has 126 valence electrons. The zero-order chi connectivity index (χ0) is 17.5. The highest BCUT2D eigenvalue weighted by molar-refractivity contribution is 6.30. The third kappa shape index (κ3) is 4.30. The van der Waals surface area contributed by atoms with E-state index >= 15 is 0 Å². The largest absolute Gasteiger partial charge is 0.493 e. The molecule has 24 heavy (non-hydrogen) atoms. The normalized spacial score (nSPS) is 10.7. The second kappa shape index (κ2) is 8.41. The molecule has 4 nitrogen and oxygen atoms in total. The van der Waals surface area contributed by atoms with Crippen LogP contribution in [0.15, 0.2) is 42.5 Å². The van der Waals surface area contributed by atoms with Crippen LogP contribution in [0.25, 0.3) is 6.08 Å². The van der Waals surface area contributed by atoms with Crippen molar-refractivity contribution in [1.82, 2.24) is 0 Å². The lowest BCUT2D eigenvalue weighted by Gasteiger charge is -2.14. The van der Waals surface area contributed by atoms with Gasteiger partial charge in [-0.2, -0.15) is 0 Å². The first-order valence-corrected chi connectivity index (χ1v) is 7.83. The van der Waals surface area contributed by atoms with Crippen molar-refractivity contribution in [2.45, 2.75) is 6.92 Å². The molecule has 0 radical (unpaired) electrons. The Labute approximate surface area is 146 Å². The van der Waals surface area contributed by atoms with Crippen molar-refractivity contribution in [3.8, 4) is 17.2 Å². The average molecular weight is 347 g/mol. The number of hydrogen-bond donors (Lipinski definition) is 0. The van der Waals surface area contributed by atoms with Gasteiger partial charge in [0.15, 0.2) is 17.3 Å². The molecule has 0 unspecified atom stereocenters. The van der Waals surface area contributed by atoms with Crippen LogP contribution in [-0.4, -0.2) is 26.6 Å². The molecule has 0 aromatic heterocycles. The monoisotopic (exact) mass is 346 g/mol. The van der Waals surface area contributed by atoms with Gasteiger partial charge in [-0.25, -0.2) is 0 Å². The van der Waals surface area contributed by atoms with E-state index in [1.165, 1.54) is 6.08 Å². The van der Waals surface area contributed by atoms with Gasteiger partial charge in [-0.1, -0.05) is 17.7 Å². The molecule has 2 aromatic rings. The molecule has 0 aliphatic heterocycles. The van der Waals surface area contributed by atoms with Crippen molar-refractivity contribution in [2.75, 3.05) is 20.8 Å². The summed E-state index contributed by atoms with van der Waals surface area (Å²) >= 11 is 5.83. The van der Waals surface area contributed by atoms with Crippen LogP contribution in [0.4, 0.5) is 0 Å². The van der Waals surface area contributed by atoms with Gasteiger partial charge in [-0.05, 0) is 55.0 Å².